The predicted molar refractivity (Wildman–Crippen MR) is 74.6 cm³/mol. The molecule has 1 saturated heterocycles. The van der Waals surface area contributed by atoms with Gasteiger partial charge in [-0.25, -0.2) is 0 Å². The third kappa shape index (κ3) is 2.01. The van der Waals surface area contributed by atoms with Crippen LogP contribution < -0.4 is 10.6 Å². The van der Waals surface area contributed by atoms with Crippen LogP contribution >= 0.6 is 0 Å². The highest BCUT2D eigenvalue weighted by Gasteiger charge is 2.54. The van der Waals surface area contributed by atoms with Gasteiger partial charge in [-0.05, 0) is 68.7 Å². The Bertz CT molecular complexity index is 364. The van der Waals surface area contributed by atoms with Gasteiger partial charge in [0.15, 0.2) is 0 Å². The van der Waals surface area contributed by atoms with Crippen molar-refractivity contribution in [2.45, 2.75) is 51.0 Å². The van der Waals surface area contributed by atoms with Crippen molar-refractivity contribution in [3.05, 3.63) is 0 Å². The Labute approximate surface area is 115 Å². The Morgan fingerprint density at radius 3 is 2.74 bits per heavy atom. The molecule has 0 aromatic heterocycles. The van der Waals surface area contributed by atoms with Gasteiger partial charge in [-0.3, -0.25) is 4.79 Å². The topological polar surface area (TPSA) is 41.1 Å². The van der Waals surface area contributed by atoms with Gasteiger partial charge in [0.05, 0.1) is 5.92 Å². The minimum atomic E-state index is 0.229. The first-order valence-electron chi connectivity index (χ1n) is 8.34. The average molecular weight is 262 g/mol. The van der Waals surface area contributed by atoms with E-state index in [9.17, 15) is 4.79 Å². The summed E-state index contributed by atoms with van der Waals surface area (Å²) in [5.74, 6) is 4.29. The van der Waals surface area contributed by atoms with Crippen LogP contribution in [0, 0.1) is 29.6 Å². The number of carbonyl (C=O) groups is 1. The molecule has 1 amide bonds. The van der Waals surface area contributed by atoms with Gasteiger partial charge in [-0.15, -0.1) is 0 Å². The number of piperidine rings is 1. The zero-order chi connectivity index (χ0) is 12.8. The Hall–Kier alpha value is -0.570. The molecule has 0 spiro atoms. The van der Waals surface area contributed by atoms with E-state index in [1.54, 1.807) is 0 Å². The van der Waals surface area contributed by atoms with E-state index in [-0.39, 0.29) is 5.92 Å². The fourth-order valence-corrected chi connectivity index (χ4v) is 5.61. The first-order chi connectivity index (χ1) is 9.33. The third-order valence-electron chi connectivity index (χ3n) is 6.42. The monoisotopic (exact) mass is 262 g/mol. The van der Waals surface area contributed by atoms with Gasteiger partial charge in [0.25, 0.3) is 0 Å². The molecule has 4 fully saturated rings. The molecule has 2 N–H and O–H groups in total. The van der Waals surface area contributed by atoms with E-state index in [0.717, 1.165) is 49.6 Å². The first-order valence-corrected chi connectivity index (χ1v) is 8.34. The second-order valence-corrected chi connectivity index (χ2v) is 7.31. The van der Waals surface area contributed by atoms with Crippen molar-refractivity contribution < 1.29 is 4.79 Å². The normalized spacial score (nSPS) is 48.2. The van der Waals surface area contributed by atoms with Crippen LogP contribution in [0.15, 0.2) is 0 Å². The van der Waals surface area contributed by atoms with E-state index in [2.05, 4.69) is 10.6 Å². The molecule has 0 radical (unpaired) electrons. The van der Waals surface area contributed by atoms with Crippen LogP contribution in [0.25, 0.3) is 0 Å². The molecule has 1 aliphatic heterocycles. The van der Waals surface area contributed by atoms with Crippen molar-refractivity contribution >= 4 is 5.91 Å². The van der Waals surface area contributed by atoms with E-state index in [0.29, 0.717) is 11.9 Å². The smallest absolute Gasteiger partial charge is 0.224 e. The summed E-state index contributed by atoms with van der Waals surface area (Å²) in [6.45, 7) is 1.97. The van der Waals surface area contributed by atoms with Gasteiger partial charge in [0, 0.05) is 12.6 Å². The second kappa shape index (κ2) is 4.76. The lowest BCUT2D eigenvalue weighted by Crippen LogP contribution is -2.47. The largest absolute Gasteiger partial charge is 0.353 e. The lowest BCUT2D eigenvalue weighted by atomic mass is 9.79. The maximum Gasteiger partial charge on any atom is 0.224 e. The van der Waals surface area contributed by atoms with Crippen molar-refractivity contribution in [1.82, 2.24) is 10.6 Å². The van der Waals surface area contributed by atoms with E-state index >= 15 is 0 Å². The molecule has 0 aromatic carbocycles. The van der Waals surface area contributed by atoms with Gasteiger partial charge in [-0.2, -0.15) is 0 Å². The van der Waals surface area contributed by atoms with Crippen molar-refractivity contribution in [3.63, 3.8) is 0 Å². The van der Waals surface area contributed by atoms with Crippen LogP contribution in [-0.4, -0.2) is 25.0 Å². The van der Waals surface area contributed by atoms with Crippen LogP contribution in [0.1, 0.15) is 44.9 Å². The van der Waals surface area contributed by atoms with Gasteiger partial charge < -0.3 is 10.6 Å². The van der Waals surface area contributed by atoms with Crippen LogP contribution in [0.2, 0.25) is 0 Å². The number of carbonyl (C=O) groups excluding carboxylic acids is 1. The fraction of sp³-hybridized carbons (Fsp3) is 0.938. The summed E-state index contributed by atoms with van der Waals surface area (Å²) in [5.41, 5.74) is 0. The van der Waals surface area contributed by atoms with Crippen LogP contribution in [0.5, 0.6) is 0 Å². The molecule has 3 aliphatic carbocycles. The molecule has 4 aliphatic rings. The molecule has 106 valence electrons. The Kier molecular flexibility index (Phi) is 3.06. The standard InChI is InChI=1S/C16H26N2O/c19-16(10-3-2-6-17-9-10)18-15-8-11-7-14(15)13-5-1-4-12(11)13/h10-15,17H,1-9H2,(H,18,19)/t10-,11?,12?,13?,14?,15?/m0/s1. The zero-order valence-electron chi connectivity index (χ0n) is 11.7. The summed E-state index contributed by atoms with van der Waals surface area (Å²) in [6, 6.07) is 0.513. The van der Waals surface area contributed by atoms with Crippen molar-refractivity contribution in [2.75, 3.05) is 13.1 Å². The number of fused-ring (bicyclic) bond motifs is 5. The zero-order valence-corrected chi connectivity index (χ0v) is 11.7. The summed E-state index contributed by atoms with van der Waals surface area (Å²) in [6.07, 6.45) is 9.25. The Balaban J connectivity index is 1.37. The molecule has 4 rings (SSSR count). The Morgan fingerprint density at radius 2 is 1.89 bits per heavy atom. The molecule has 3 heteroatoms. The van der Waals surface area contributed by atoms with Gasteiger partial charge in [0.1, 0.15) is 0 Å². The molecule has 3 saturated carbocycles. The van der Waals surface area contributed by atoms with E-state index in [1.165, 1.54) is 32.1 Å². The van der Waals surface area contributed by atoms with E-state index in [1.807, 2.05) is 0 Å². The summed E-state index contributed by atoms with van der Waals surface area (Å²) in [4.78, 5) is 12.4. The highest BCUT2D eigenvalue weighted by molar-refractivity contribution is 5.79. The molecule has 0 aromatic rings. The fourth-order valence-electron chi connectivity index (χ4n) is 5.61. The lowest BCUT2D eigenvalue weighted by molar-refractivity contribution is -0.126. The highest BCUT2D eigenvalue weighted by Crippen LogP contribution is 2.58. The maximum absolute atomic E-state index is 12.4. The minimum absolute atomic E-state index is 0.229. The first kappa shape index (κ1) is 12.2. The lowest BCUT2D eigenvalue weighted by Gasteiger charge is -2.33. The van der Waals surface area contributed by atoms with Crippen molar-refractivity contribution in [3.8, 4) is 0 Å². The van der Waals surface area contributed by atoms with Gasteiger partial charge >= 0.3 is 0 Å². The number of amides is 1. The van der Waals surface area contributed by atoms with Gasteiger partial charge in [0.2, 0.25) is 5.91 Å². The molecule has 3 nitrogen and oxygen atoms in total. The van der Waals surface area contributed by atoms with Crippen molar-refractivity contribution in [1.29, 1.82) is 0 Å². The number of rotatable bonds is 2. The average Bonchev–Trinajstić information content (AvgIpc) is 3.11. The molecular formula is C16H26N2O. The summed E-state index contributed by atoms with van der Waals surface area (Å²) >= 11 is 0. The summed E-state index contributed by atoms with van der Waals surface area (Å²) in [7, 11) is 0. The van der Waals surface area contributed by atoms with E-state index in [4.69, 9.17) is 0 Å². The van der Waals surface area contributed by atoms with Crippen LogP contribution in [-0.2, 0) is 4.79 Å². The van der Waals surface area contributed by atoms with Crippen LogP contribution in [0.3, 0.4) is 0 Å². The molecule has 6 atom stereocenters. The number of hydrogen-bond donors (Lipinski definition) is 2. The molecule has 1 heterocycles. The summed E-state index contributed by atoms with van der Waals surface area (Å²) in [5, 5.41) is 6.76. The SMILES string of the molecule is O=C(NC1CC2CC1C1CCCC21)[C@H]1CCCNC1. The summed E-state index contributed by atoms with van der Waals surface area (Å²) < 4.78 is 0. The van der Waals surface area contributed by atoms with E-state index < -0.39 is 0 Å². The van der Waals surface area contributed by atoms with Crippen LogP contribution in [0.4, 0.5) is 0 Å². The number of hydrogen-bond acceptors (Lipinski definition) is 2. The molecular weight excluding hydrogens is 236 g/mol. The van der Waals surface area contributed by atoms with Crippen molar-refractivity contribution in [2.24, 2.45) is 29.6 Å². The quantitative estimate of drug-likeness (QED) is 0.798. The van der Waals surface area contributed by atoms with Gasteiger partial charge in [-0.1, -0.05) is 6.42 Å². The second-order valence-electron chi connectivity index (χ2n) is 7.31. The third-order valence-corrected chi connectivity index (χ3v) is 6.42. The predicted octanol–water partition coefficient (Wildman–Crippen LogP) is 1.93. The highest BCUT2D eigenvalue weighted by atomic mass is 16.2. The Morgan fingerprint density at radius 1 is 1.00 bits per heavy atom. The molecule has 2 bridgehead atoms. The minimum Gasteiger partial charge on any atom is -0.353 e. The number of nitrogens with one attached hydrogen (secondary N) is 2. The molecule has 19 heavy (non-hydrogen) atoms. The maximum atomic E-state index is 12.4. The molecule has 5 unspecified atom stereocenters.